The molecule has 10 nitrogen and oxygen atoms in total. The highest BCUT2D eigenvalue weighted by Crippen LogP contribution is 2.36. The van der Waals surface area contributed by atoms with Crippen molar-refractivity contribution in [2.45, 2.75) is 30.9 Å². The van der Waals surface area contributed by atoms with Crippen LogP contribution in [-0.4, -0.2) is 81.9 Å². The minimum Gasteiger partial charge on any atom is -0.457 e. The number of carbonyl (C=O) groups is 6. The summed E-state index contributed by atoms with van der Waals surface area (Å²) < 4.78 is 6.07. The van der Waals surface area contributed by atoms with Crippen molar-refractivity contribution in [2.75, 3.05) is 46.1 Å². The van der Waals surface area contributed by atoms with Gasteiger partial charge in [0.1, 0.15) is 11.5 Å². The molecule has 3 heterocycles. The lowest BCUT2D eigenvalue weighted by molar-refractivity contribution is -0.136. The summed E-state index contributed by atoms with van der Waals surface area (Å²) in [5.74, 6) is 2.54. The van der Waals surface area contributed by atoms with E-state index in [0.29, 0.717) is 38.4 Å². The summed E-state index contributed by atoms with van der Waals surface area (Å²) in [7, 11) is 1.52. The molecule has 3 aliphatic rings. The maximum absolute atomic E-state index is 13.1. The van der Waals surface area contributed by atoms with Crippen molar-refractivity contribution in [3.05, 3.63) is 106 Å². The molecule has 0 N–H and O–H groups in total. The molecule has 3 aliphatic heterocycles. The topological polar surface area (TPSA) is 121 Å². The second-order valence-electron chi connectivity index (χ2n) is 12.8. The summed E-state index contributed by atoms with van der Waals surface area (Å²) in [6.45, 7) is 4.20. The third-order valence-corrected chi connectivity index (χ3v) is 13.6. The molecule has 1 saturated heterocycles. The second kappa shape index (κ2) is 16.4. The maximum atomic E-state index is 13.1. The molecule has 6 amide bonds. The maximum Gasteiger partial charge on any atom is 0.271 e. The summed E-state index contributed by atoms with van der Waals surface area (Å²) in [5.41, 5.74) is 2.67. The number of ether oxygens (including phenoxy) is 1. The van der Waals surface area contributed by atoms with Crippen LogP contribution in [0, 0.1) is 0 Å². The zero-order valence-corrected chi connectivity index (χ0v) is 32.8. The van der Waals surface area contributed by atoms with Crippen LogP contribution in [0.5, 0.6) is 11.5 Å². The van der Waals surface area contributed by atoms with Crippen molar-refractivity contribution >= 4 is 93.9 Å². The number of anilines is 2. The van der Waals surface area contributed by atoms with Gasteiger partial charge in [-0.1, -0.05) is 38.1 Å². The number of likely N-dealkylation sites (tertiary alicyclic amines) is 1. The van der Waals surface area contributed by atoms with Crippen LogP contribution in [0.2, 0.25) is 0 Å². The van der Waals surface area contributed by atoms with Gasteiger partial charge in [0.15, 0.2) is 0 Å². The molecule has 0 aliphatic carbocycles. The largest absolute Gasteiger partial charge is 0.457 e. The van der Waals surface area contributed by atoms with Crippen LogP contribution in [0.4, 0.5) is 11.4 Å². The third-order valence-electron chi connectivity index (χ3n) is 9.12. The number of benzene rings is 3. The zero-order chi connectivity index (χ0) is 37.9. The number of amides is 6. The number of hydrogen-bond donors (Lipinski definition) is 0. The second-order valence-corrected chi connectivity index (χ2v) is 17.3. The summed E-state index contributed by atoms with van der Waals surface area (Å²) in [6, 6.07) is 22.0. The molecule has 3 aromatic carbocycles. The van der Waals surface area contributed by atoms with E-state index in [4.69, 9.17) is 4.74 Å². The molecule has 1 atom stereocenters. The van der Waals surface area contributed by atoms with Crippen molar-refractivity contribution in [1.29, 1.82) is 0 Å². The Morgan fingerprint density at radius 2 is 1.17 bits per heavy atom. The minimum absolute atomic E-state index is 0.127. The molecule has 0 saturated carbocycles. The Bertz CT molecular complexity index is 2010. The molecule has 274 valence electrons. The number of rotatable bonds is 15. The summed E-state index contributed by atoms with van der Waals surface area (Å²) in [5, 5.41) is -0.291. The lowest BCUT2D eigenvalue weighted by Crippen LogP contribution is -2.30. The van der Waals surface area contributed by atoms with E-state index < -0.39 is 0 Å². The van der Waals surface area contributed by atoms with Gasteiger partial charge >= 0.3 is 0 Å². The fourth-order valence-corrected chi connectivity index (χ4v) is 9.80. The van der Waals surface area contributed by atoms with E-state index in [1.54, 1.807) is 54.4 Å². The highest BCUT2D eigenvalue weighted by Gasteiger charge is 2.36. The first-order valence-electron chi connectivity index (χ1n) is 16.7. The Morgan fingerprint density at radius 3 is 1.70 bits per heavy atom. The Labute approximate surface area is 325 Å². The number of thioether (sulfide) groups is 4. The Hall–Kier alpha value is -4.24. The number of nitrogens with zero attached hydrogens (tertiary/aromatic N) is 3. The Balaban J connectivity index is 0.968. The average Bonchev–Trinajstić information content (AvgIpc) is 3.70. The number of imide groups is 3. The fraction of sp³-hybridized carbons (Fsp3) is 0.282. The minimum atomic E-state index is -0.386. The van der Waals surface area contributed by atoms with Crippen LogP contribution >= 0.6 is 47.0 Å². The van der Waals surface area contributed by atoms with Crippen LogP contribution in [0.15, 0.2) is 94.8 Å². The van der Waals surface area contributed by atoms with E-state index in [0.717, 1.165) is 33.3 Å². The van der Waals surface area contributed by atoms with Gasteiger partial charge in [0, 0.05) is 54.0 Å². The molecule has 1 fully saturated rings. The zero-order valence-electron chi connectivity index (χ0n) is 29.5. The van der Waals surface area contributed by atoms with Crippen molar-refractivity contribution < 1.29 is 33.5 Å². The van der Waals surface area contributed by atoms with Gasteiger partial charge in [0.2, 0.25) is 11.8 Å². The quantitative estimate of drug-likeness (QED) is 0.122. The molecular formula is C39H37N3O7S4. The van der Waals surface area contributed by atoms with Gasteiger partial charge in [-0.3, -0.25) is 33.7 Å². The molecule has 14 heteroatoms. The lowest BCUT2D eigenvalue weighted by Gasteiger charge is -2.27. The third kappa shape index (κ3) is 8.30. The monoisotopic (exact) mass is 787 g/mol. The lowest BCUT2D eigenvalue weighted by atomic mass is 9.78. The van der Waals surface area contributed by atoms with E-state index in [1.807, 2.05) is 36.4 Å². The van der Waals surface area contributed by atoms with Crippen LogP contribution in [0.3, 0.4) is 0 Å². The molecule has 1 unspecified atom stereocenters. The van der Waals surface area contributed by atoms with Crippen molar-refractivity contribution in [2.24, 2.45) is 0 Å². The van der Waals surface area contributed by atoms with Crippen molar-refractivity contribution in [1.82, 2.24) is 4.90 Å². The van der Waals surface area contributed by atoms with Crippen LogP contribution in [0.25, 0.3) is 0 Å². The van der Waals surface area contributed by atoms with Gasteiger partial charge in [-0.05, 0) is 65.9 Å². The van der Waals surface area contributed by atoms with E-state index in [1.165, 1.54) is 64.3 Å². The summed E-state index contributed by atoms with van der Waals surface area (Å²) in [6.07, 6.45) is 4.78. The Kier molecular flexibility index (Phi) is 11.9. The molecule has 0 radical (unpaired) electrons. The van der Waals surface area contributed by atoms with Gasteiger partial charge in [-0.2, -0.15) is 11.8 Å². The van der Waals surface area contributed by atoms with Crippen molar-refractivity contribution in [3.63, 3.8) is 0 Å². The number of carbonyl (C=O) groups excluding carboxylic acids is 6. The molecule has 0 bridgehead atoms. The highest BCUT2D eigenvalue weighted by atomic mass is 32.2. The SMILES string of the molecule is CSC1=CC(=O)N(c2ccc(C(C)(C)c3ccc(Oc4ccc(N5C(=O)C=C(SCCSCCSC6CC(=O)N(C)C6=O)C5=O)cc4)cc3)cc2)C1=O. The molecule has 6 rings (SSSR count). The molecule has 0 spiro atoms. The first-order valence-corrected chi connectivity index (χ1v) is 21.2. The average molecular weight is 788 g/mol. The van der Waals surface area contributed by atoms with Gasteiger partial charge in [-0.25, -0.2) is 9.80 Å². The van der Waals surface area contributed by atoms with Crippen LogP contribution < -0.4 is 14.5 Å². The van der Waals surface area contributed by atoms with Gasteiger partial charge in [0.25, 0.3) is 23.6 Å². The number of hydrogen-bond acceptors (Lipinski definition) is 11. The van der Waals surface area contributed by atoms with E-state index >= 15 is 0 Å². The molecule has 0 aromatic heterocycles. The van der Waals surface area contributed by atoms with Gasteiger partial charge in [-0.15, -0.1) is 35.3 Å². The summed E-state index contributed by atoms with van der Waals surface area (Å²) >= 11 is 5.82. The van der Waals surface area contributed by atoms with Crippen LogP contribution in [-0.2, 0) is 34.2 Å². The molecule has 53 heavy (non-hydrogen) atoms. The fourth-order valence-electron chi connectivity index (χ4n) is 5.98. The summed E-state index contributed by atoms with van der Waals surface area (Å²) in [4.78, 5) is 78.9. The van der Waals surface area contributed by atoms with Gasteiger partial charge in [0.05, 0.1) is 26.4 Å². The van der Waals surface area contributed by atoms with Crippen LogP contribution in [0.1, 0.15) is 31.4 Å². The molecular weight excluding hydrogens is 751 g/mol. The van der Waals surface area contributed by atoms with Crippen molar-refractivity contribution in [3.8, 4) is 11.5 Å². The van der Waals surface area contributed by atoms with E-state index in [-0.39, 0.29) is 52.5 Å². The van der Waals surface area contributed by atoms with E-state index in [2.05, 4.69) is 13.8 Å². The first-order chi connectivity index (χ1) is 25.4. The smallest absolute Gasteiger partial charge is 0.271 e. The van der Waals surface area contributed by atoms with Gasteiger partial charge < -0.3 is 4.74 Å². The first kappa shape index (κ1) is 38.5. The molecule has 3 aromatic rings. The normalized spacial score (nSPS) is 17.7. The predicted molar refractivity (Wildman–Crippen MR) is 215 cm³/mol. The van der Waals surface area contributed by atoms with E-state index in [9.17, 15) is 28.8 Å². The standard InChI is InChI=1S/C39H37N3O7S4/c1-39(2,24-5-9-26(10-6-24)41-34(44)21-30(50-4)37(41)47)25-7-13-28(14-8-25)49-29-15-11-27(12-16-29)42-35(45)23-32(38(42)48)53-20-18-51-17-19-52-31-22-33(43)40(3)36(31)46/h5-16,21,23,31H,17-20,22H2,1-4H3. The Morgan fingerprint density at radius 1 is 0.679 bits per heavy atom. The predicted octanol–water partition coefficient (Wildman–Crippen LogP) is 6.64. The highest BCUT2D eigenvalue weighted by molar-refractivity contribution is 8.06.